The molecule has 2 aromatic carbocycles. The van der Waals surface area contributed by atoms with Crippen molar-refractivity contribution in [2.45, 2.75) is 19.8 Å². The number of hydrogen-bond donors (Lipinski definition) is 0. The number of rotatable bonds is 4. The number of piperidine rings is 1. The molecule has 1 heterocycles. The van der Waals surface area contributed by atoms with Crippen molar-refractivity contribution in [1.29, 1.82) is 0 Å². The molecule has 0 aliphatic carbocycles. The van der Waals surface area contributed by atoms with Gasteiger partial charge in [0.2, 0.25) is 5.91 Å². The Kier molecular flexibility index (Phi) is 4.89. The molecule has 0 spiro atoms. The van der Waals surface area contributed by atoms with Crippen LogP contribution in [-0.4, -0.2) is 35.8 Å². The number of carbonyl (C=O) groups is 3. The summed E-state index contributed by atoms with van der Waals surface area (Å²) in [5.74, 6) is -1.50. The van der Waals surface area contributed by atoms with Crippen molar-refractivity contribution in [3.8, 4) is 0 Å². The molecule has 2 amide bonds. The van der Waals surface area contributed by atoms with Gasteiger partial charge in [-0.1, -0.05) is 43.0 Å². The van der Waals surface area contributed by atoms with Gasteiger partial charge in [0.15, 0.2) is 0 Å². The van der Waals surface area contributed by atoms with E-state index in [2.05, 4.69) is 6.58 Å². The van der Waals surface area contributed by atoms with Crippen LogP contribution in [0.1, 0.15) is 30.1 Å². The highest BCUT2D eigenvalue weighted by molar-refractivity contribution is 6.13. The first-order chi connectivity index (χ1) is 12.5. The second kappa shape index (κ2) is 7.12. The van der Waals surface area contributed by atoms with Crippen LogP contribution in [-0.2, 0) is 14.3 Å². The van der Waals surface area contributed by atoms with Crippen LogP contribution in [0.4, 0.5) is 0 Å². The Morgan fingerprint density at radius 2 is 1.96 bits per heavy atom. The fourth-order valence-corrected chi connectivity index (χ4v) is 3.25. The lowest BCUT2D eigenvalue weighted by Gasteiger charge is -2.36. The van der Waals surface area contributed by atoms with E-state index < -0.39 is 17.3 Å². The largest absolute Gasteiger partial charge is 0.461 e. The molecule has 1 saturated heterocycles. The van der Waals surface area contributed by atoms with E-state index in [1.807, 2.05) is 30.3 Å². The van der Waals surface area contributed by atoms with Crippen molar-refractivity contribution in [2.24, 2.45) is 5.41 Å². The molecule has 26 heavy (non-hydrogen) atoms. The Labute approximate surface area is 152 Å². The topological polar surface area (TPSA) is 63.7 Å². The van der Waals surface area contributed by atoms with Gasteiger partial charge in [0.25, 0.3) is 5.91 Å². The van der Waals surface area contributed by atoms with Gasteiger partial charge in [-0.3, -0.25) is 19.3 Å². The maximum Gasteiger partial charge on any atom is 0.321 e. The van der Waals surface area contributed by atoms with E-state index in [0.29, 0.717) is 24.9 Å². The summed E-state index contributed by atoms with van der Waals surface area (Å²) in [6.45, 7) is 5.39. The van der Waals surface area contributed by atoms with Gasteiger partial charge >= 0.3 is 5.97 Å². The Morgan fingerprint density at radius 3 is 2.69 bits per heavy atom. The molecule has 1 unspecified atom stereocenters. The average molecular weight is 351 g/mol. The van der Waals surface area contributed by atoms with Crippen LogP contribution in [0.25, 0.3) is 10.8 Å². The standard InChI is InChI=1S/C21H21NO4/c1-3-13-26-20(25)21(2)11-6-12-22(19(21)24)18(23)17-10-9-15-7-4-5-8-16(15)14-17/h3-5,7-10,14H,1,6,11-13H2,2H3. The van der Waals surface area contributed by atoms with Crippen molar-refractivity contribution < 1.29 is 19.1 Å². The predicted molar refractivity (Wildman–Crippen MR) is 98.5 cm³/mol. The van der Waals surface area contributed by atoms with Gasteiger partial charge in [0.1, 0.15) is 12.0 Å². The number of fused-ring (bicyclic) bond motifs is 1. The number of carbonyl (C=O) groups excluding carboxylic acids is 3. The molecule has 5 heteroatoms. The number of imide groups is 1. The van der Waals surface area contributed by atoms with Gasteiger partial charge in [0.05, 0.1) is 0 Å². The zero-order valence-electron chi connectivity index (χ0n) is 14.7. The number of ether oxygens (including phenoxy) is 1. The molecule has 1 atom stereocenters. The Hall–Kier alpha value is -2.95. The number of likely N-dealkylation sites (tertiary alicyclic amines) is 1. The maximum absolute atomic E-state index is 12.9. The van der Waals surface area contributed by atoms with E-state index in [1.165, 1.54) is 11.0 Å². The van der Waals surface area contributed by atoms with Gasteiger partial charge in [-0.15, -0.1) is 0 Å². The number of hydrogen-bond acceptors (Lipinski definition) is 4. The molecule has 134 valence electrons. The first kappa shape index (κ1) is 17.9. The zero-order valence-corrected chi connectivity index (χ0v) is 14.7. The quantitative estimate of drug-likeness (QED) is 0.367. The van der Waals surface area contributed by atoms with Crippen molar-refractivity contribution in [3.63, 3.8) is 0 Å². The summed E-state index contributed by atoms with van der Waals surface area (Å²) in [5.41, 5.74) is -0.908. The second-order valence-electron chi connectivity index (χ2n) is 6.65. The molecule has 0 bridgehead atoms. The lowest BCUT2D eigenvalue weighted by Crippen LogP contribution is -2.53. The van der Waals surface area contributed by atoms with E-state index in [0.717, 1.165) is 10.8 Å². The van der Waals surface area contributed by atoms with Crippen molar-refractivity contribution in [2.75, 3.05) is 13.2 Å². The van der Waals surface area contributed by atoms with Gasteiger partial charge in [-0.25, -0.2) is 0 Å². The van der Waals surface area contributed by atoms with Crippen molar-refractivity contribution >= 4 is 28.6 Å². The highest BCUT2D eigenvalue weighted by Crippen LogP contribution is 2.33. The zero-order chi connectivity index (χ0) is 18.7. The predicted octanol–water partition coefficient (Wildman–Crippen LogP) is 3.34. The second-order valence-corrected chi connectivity index (χ2v) is 6.65. The lowest BCUT2D eigenvalue weighted by atomic mass is 9.80. The molecule has 1 aliphatic heterocycles. The molecule has 0 saturated carbocycles. The fourth-order valence-electron chi connectivity index (χ4n) is 3.25. The number of amides is 2. The molecule has 0 aromatic heterocycles. The van der Waals surface area contributed by atoms with Gasteiger partial charge in [0, 0.05) is 12.1 Å². The van der Waals surface area contributed by atoms with Gasteiger partial charge in [-0.05, 0) is 42.7 Å². The fraction of sp³-hybridized carbons (Fsp3) is 0.286. The van der Waals surface area contributed by atoms with Gasteiger partial charge < -0.3 is 4.74 Å². The van der Waals surface area contributed by atoms with E-state index in [4.69, 9.17) is 4.74 Å². The normalized spacial score (nSPS) is 20.0. The minimum atomic E-state index is -1.34. The minimum Gasteiger partial charge on any atom is -0.461 e. The molecule has 1 fully saturated rings. The van der Waals surface area contributed by atoms with Crippen LogP contribution in [0.15, 0.2) is 55.1 Å². The number of benzene rings is 2. The van der Waals surface area contributed by atoms with Crippen LogP contribution < -0.4 is 0 Å². The summed E-state index contributed by atoms with van der Waals surface area (Å²) in [7, 11) is 0. The molecule has 1 aliphatic rings. The van der Waals surface area contributed by atoms with Gasteiger partial charge in [-0.2, -0.15) is 0 Å². The Balaban J connectivity index is 1.87. The number of esters is 1. The first-order valence-electron chi connectivity index (χ1n) is 8.60. The molecular weight excluding hydrogens is 330 g/mol. The third kappa shape index (κ3) is 3.12. The Bertz CT molecular complexity index is 888. The smallest absolute Gasteiger partial charge is 0.321 e. The van der Waals surface area contributed by atoms with E-state index in [9.17, 15) is 14.4 Å². The minimum absolute atomic E-state index is 0.0420. The van der Waals surface area contributed by atoms with Crippen LogP contribution in [0.3, 0.4) is 0 Å². The Morgan fingerprint density at radius 1 is 1.23 bits per heavy atom. The summed E-state index contributed by atoms with van der Waals surface area (Å²) in [6.07, 6.45) is 2.38. The van der Waals surface area contributed by atoms with E-state index in [1.54, 1.807) is 19.1 Å². The van der Waals surface area contributed by atoms with Crippen LogP contribution in [0.5, 0.6) is 0 Å². The SMILES string of the molecule is C=CCOC(=O)C1(C)CCCN(C(=O)c2ccc3ccccc3c2)C1=O. The molecule has 0 N–H and O–H groups in total. The summed E-state index contributed by atoms with van der Waals surface area (Å²) < 4.78 is 5.08. The number of nitrogens with zero attached hydrogens (tertiary/aromatic N) is 1. The van der Waals surface area contributed by atoms with E-state index in [-0.39, 0.29) is 12.5 Å². The summed E-state index contributed by atoms with van der Waals surface area (Å²) >= 11 is 0. The van der Waals surface area contributed by atoms with Crippen LogP contribution in [0.2, 0.25) is 0 Å². The molecule has 2 aromatic rings. The monoisotopic (exact) mass is 351 g/mol. The summed E-state index contributed by atoms with van der Waals surface area (Å²) in [5, 5.41) is 1.95. The third-order valence-corrected chi connectivity index (χ3v) is 4.80. The highest BCUT2D eigenvalue weighted by atomic mass is 16.5. The lowest BCUT2D eigenvalue weighted by molar-refractivity contribution is -0.165. The summed E-state index contributed by atoms with van der Waals surface area (Å²) in [4.78, 5) is 39.3. The van der Waals surface area contributed by atoms with Crippen LogP contribution in [0, 0.1) is 5.41 Å². The first-order valence-corrected chi connectivity index (χ1v) is 8.60. The van der Waals surface area contributed by atoms with Crippen molar-refractivity contribution in [3.05, 3.63) is 60.7 Å². The molecule has 3 rings (SSSR count). The summed E-state index contributed by atoms with van der Waals surface area (Å²) in [6, 6.07) is 13.0. The maximum atomic E-state index is 12.9. The van der Waals surface area contributed by atoms with Crippen molar-refractivity contribution in [1.82, 2.24) is 4.90 Å². The average Bonchev–Trinajstić information content (AvgIpc) is 2.67. The molecular formula is C21H21NO4. The molecule has 5 nitrogen and oxygen atoms in total. The third-order valence-electron chi connectivity index (χ3n) is 4.80. The van der Waals surface area contributed by atoms with Crippen LogP contribution >= 0.6 is 0 Å². The highest BCUT2D eigenvalue weighted by Gasteiger charge is 2.49. The van der Waals surface area contributed by atoms with E-state index >= 15 is 0 Å². The molecule has 0 radical (unpaired) electrons.